The Morgan fingerprint density at radius 2 is 1.47 bits per heavy atom. The van der Waals surface area contributed by atoms with E-state index in [1.165, 1.54) is 11.1 Å². The summed E-state index contributed by atoms with van der Waals surface area (Å²) in [6.45, 7) is 3.70. The first-order valence-corrected chi connectivity index (χ1v) is 11.0. The lowest BCUT2D eigenvalue weighted by atomic mass is 9.96. The lowest BCUT2D eigenvalue weighted by molar-refractivity contribution is 0.113. The van der Waals surface area contributed by atoms with Crippen molar-refractivity contribution in [3.05, 3.63) is 100 Å². The number of ether oxygens (including phenoxy) is 1. The molecule has 5 heteroatoms. The van der Waals surface area contributed by atoms with Crippen LogP contribution in [0.4, 0.5) is 0 Å². The smallest absolute Gasteiger partial charge is 0.127 e. The van der Waals surface area contributed by atoms with Crippen LogP contribution < -0.4 is 4.74 Å². The minimum atomic E-state index is 0.267. The van der Waals surface area contributed by atoms with Gasteiger partial charge in [-0.1, -0.05) is 76.6 Å². The zero-order valence-electron chi connectivity index (χ0n) is 17.1. The Hall–Kier alpha value is -2.63. The summed E-state index contributed by atoms with van der Waals surface area (Å²) in [5.41, 5.74) is 3.64. The molecule has 30 heavy (non-hydrogen) atoms. The summed E-state index contributed by atoms with van der Waals surface area (Å²) >= 11 is 3.52. The molecule has 3 aromatic rings. The van der Waals surface area contributed by atoms with E-state index in [9.17, 15) is 0 Å². The molecule has 1 heterocycles. The summed E-state index contributed by atoms with van der Waals surface area (Å²) in [6, 6.07) is 27.8. The van der Waals surface area contributed by atoms with Crippen LogP contribution in [0.1, 0.15) is 22.7 Å². The van der Waals surface area contributed by atoms with Crippen LogP contribution in [0.25, 0.3) is 0 Å². The van der Waals surface area contributed by atoms with E-state index in [1.807, 2.05) is 24.4 Å². The highest BCUT2D eigenvalue weighted by molar-refractivity contribution is 9.10. The maximum atomic E-state index is 5.45. The Kier molecular flexibility index (Phi) is 6.82. The highest BCUT2D eigenvalue weighted by atomic mass is 79.9. The van der Waals surface area contributed by atoms with Crippen molar-refractivity contribution in [1.82, 2.24) is 9.91 Å². The molecule has 1 aliphatic heterocycles. The molecule has 0 N–H and O–H groups in total. The molecule has 154 valence electrons. The fraction of sp³-hybridized carbons (Fsp3) is 0.240. The summed E-state index contributed by atoms with van der Waals surface area (Å²) in [7, 11) is 1.69. The average molecular weight is 464 g/mol. The molecule has 0 aromatic heterocycles. The molecule has 4 nitrogen and oxygen atoms in total. The van der Waals surface area contributed by atoms with Gasteiger partial charge in [0.05, 0.1) is 19.4 Å². The van der Waals surface area contributed by atoms with Gasteiger partial charge in [0.25, 0.3) is 0 Å². The summed E-state index contributed by atoms with van der Waals surface area (Å²) in [5, 5.41) is 6.87. The van der Waals surface area contributed by atoms with Gasteiger partial charge in [-0.3, -0.25) is 9.91 Å². The predicted molar refractivity (Wildman–Crippen MR) is 126 cm³/mol. The molecule has 0 aliphatic carbocycles. The molecular formula is C25H26BrN3O. The number of piperazine rings is 1. The Labute approximate surface area is 186 Å². The van der Waals surface area contributed by atoms with Crippen molar-refractivity contribution in [3.8, 4) is 5.75 Å². The van der Waals surface area contributed by atoms with Gasteiger partial charge in [0, 0.05) is 36.2 Å². The standard InChI is InChI=1S/C25H26BrN3O/c1-30-24-13-12-23(26)18-22(24)19-27-29-16-14-28(15-17-29)25(20-8-4-2-5-9-20)21-10-6-3-7-11-21/h2-13,18-19,25H,14-17H2,1H3. The van der Waals surface area contributed by atoms with Gasteiger partial charge in [-0.25, -0.2) is 0 Å². The van der Waals surface area contributed by atoms with E-state index in [1.54, 1.807) is 7.11 Å². The molecule has 4 rings (SSSR count). The average Bonchev–Trinajstić information content (AvgIpc) is 2.80. The second kappa shape index (κ2) is 9.92. The van der Waals surface area contributed by atoms with Gasteiger partial charge in [0.1, 0.15) is 5.75 Å². The van der Waals surface area contributed by atoms with Crippen molar-refractivity contribution in [2.45, 2.75) is 6.04 Å². The third-order valence-electron chi connectivity index (χ3n) is 5.44. The highest BCUT2D eigenvalue weighted by Gasteiger charge is 2.25. The van der Waals surface area contributed by atoms with Gasteiger partial charge in [0.15, 0.2) is 0 Å². The molecule has 0 unspecified atom stereocenters. The van der Waals surface area contributed by atoms with Gasteiger partial charge < -0.3 is 4.74 Å². The van der Waals surface area contributed by atoms with Gasteiger partial charge in [0.2, 0.25) is 0 Å². The first-order valence-electron chi connectivity index (χ1n) is 10.2. The number of hydrogen-bond acceptors (Lipinski definition) is 4. The monoisotopic (exact) mass is 463 g/mol. The molecule has 0 saturated carbocycles. The largest absolute Gasteiger partial charge is 0.496 e. The predicted octanol–water partition coefficient (Wildman–Crippen LogP) is 5.20. The highest BCUT2D eigenvalue weighted by Crippen LogP contribution is 2.29. The zero-order valence-corrected chi connectivity index (χ0v) is 18.7. The summed E-state index contributed by atoms with van der Waals surface area (Å²) in [4.78, 5) is 2.55. The van der Waals surface area contributed by atoms with Crippen LogP contribution in [0.5, 0.6) is 5.75 Å². The number of hydrogen-bond donors (Lipinski definition) is 0. The van der Waals surface area contributed by atoms with Crippen LogP contribution in [-0.4, -0.2) is 49.4 Å². The fourth-order valence-corrected chi connectivity index (χ4v) is 4.30. The number of nitrogens with zero attached hydrogens (tertiary/aromatic N) is 3. The van der Waals surface area contributed by atoms with Gasteiger partial charge in [-0.05, 0) is 29.3 Å². The van der Waals surface area contributed by atoms with E-state index in [0.29, 0.717) is 0 Å². The first kappa shape index (κ1) is 20.6. The maximum absolute atomic E-state index is 5.45. The molecule has 0 spiro atoms. The Morgan fingerprint density at radius 3 is 2.03 bits per heavy atom. The van der Waals surface area contributed by atoms with Crippen LogP contribution in [0.15, 0.2) is 88.4 Å². The van der Waals surface area contributed by atoms with E-state index in [4.69, 9.17) is 9.84 Å². The number of rotatable bonds is 6. The molecule has 1 fully saturated rings. The van der Waals surface area contributed by atoms with Gasteiger partial charge in [-0.15, -0.1) is 0 Å². The molecule has 0 atom stereocenters. The minimum Gasteiger partial charge on any atom is -0.496 e. The van der Waals surface area contributed by atoms with Crippen molar-refractivity contribution in [2.24, 2.45) is 5.10 Å². The van der Waals surface area contributed by atoms with Crippen LogP contribution in [0, 0.1) is 0 Å². The van der Waals surface area contributed by atoms with Crippen LogP contribution in [0.3, 0.4) is 0 Å². The van der Waals surface area contributed by atoms with E-state index in [2.05, 4.69) is 86.5 Å². The second-order valence-corrected chi connectivity index (χ2v) is 8.26. The molecule has 0 radical (unpaired) electrons. The molecule has 0 bridgehead atoms. The van der Waals surface area contributed by atoms with Crippen LogP contribution in [-0.2, 0) is 0 Å². The van der Waals surface area contributed by atoms with E-state index in [-0.39, 0.29) is 6.04 Å². The third kappa shape index (κ3) is 4.91. The van der Waals surface area contributed by atoms with Gasteiger partial charge in [-0.2, -0.15) is 5.10 Å². The van der Waals surface area contributed by atoms with Crippen LogP contribution >= 0.6 is 15.9 Å². The SMILES string of the molecule is COc1ccc(Br)cc1C=NN1CCN(C(c2ccccc2)c2ccccc2)CC1. The van der Waals surface area contributed by atoms with Crippen LogP contribution in [0.2, 0.25) is 0 Å². The fourth-order valence-electron chi connectivity index (χ4n) is 3.92. The summed E-state index contributed by atoms with van der Waals surface area (Å²) in [5.74, 6) is 0.828. The molecule has 1 saturated heterocycles. The van der Waals surface area contributed by atoms with Crippen molar-refractivity contribution in [3.63, 3.8) is 0 Å². The molecule has 1 aliphatic rings. The van der Waals surface area contributed by atoms with Crippen molar-refractivity contribution in [1.29, 1.82) is 0 Å². The van der Waals surface area contributed by atoms with E-state index in [0.717, 1.165) is 42.0 Å². The van der Waals surface area contributed by atoms with Gasteiger partial charge >= 0.3 is 0 Å². The number of halogens is 1. The van der Waals surface area contributed by atoms with Crippen molar-refractivity contribution < 1.29 is 4.74 Å². The third-order valence-corrected chi connectivity index (χ3v) is 5.93. The number of benzene rings is 3. The molecular weight excluding hydrogens is 438 g/mol. The lowest BCUT2D eigenvalue weighted by Gasteiger charge is -2.38. The normalized spacial score (nSPS) is 15.1. The number of hydrazone groups is 1. The number of methoxy groups -OCH3 is 1. The lowest BCUT2D eigenvalue weighted by Crippen LogP contribution is -2.45. The Bertz CT molecular complexity index is 931. The topological polar surface area (TPSA) is 28.1 Å². The van der Waals surface area contributed by atoms with E-state index < -0.39 is 0 Å². The second-order valence-electron chi connectivity index (χ2n) is 7.34. The van der Waals surface area contributed by atoms with Crippen molar-refractivity contribution in [2.75, 3.05) is 33.3 Å². The Morgan fingerprint density at radius 1 is 0.867 bits per heavy atom. The molecule has 0 amide bonds. The quantitative estimate of drug-likeness (QED) is 0.470. The molecule has 3 aromatic carbocycles. The first-order chi connectivity index (χ1) is 14.7. The van der Waals surface area contributed by atoms with E-state index >= 15 is 0 Å². The summed E-state index contributed by atoms with van der Waals surface area (Å²) in [6.07, 6.45) is 1.89. The summed E-state index contributed by atoms with van der Waals surface area (Å²) < 4.78 is 6.46. The minimum absolute atomic E-state index is 0.267. The zero-order chi connectivity index (χ0) is 20.8. The maximum Gasteiger partial charge on any atom is 0.127 e. The van der Waals surface area contributed by atoms with Crippen molar-refractivity contribution >= 4 is 22.1 Å². The Balaban J connectivity index is 1.47.